The lowest BCUT2D eigenvalue weighted by atomic mass is 10.2. The summed E-state index contributed by atoms with van der Waals surface area (Å²) < 4.78 is 18.2. The number of ether oxygens (including phenoxy) is 1. The van der Waals surface area contributed by atoms with Crippen LogP contribution in [0.15, 0.2) is 34.2 Å². The van der Waals surface area contributed by atoms with Crippen LogP contribution in [0, 0.1) is 5.82 Å². The van der Waals surface area contributed by atoms with E-state index in [0.29, 0.717) is 10.6 Å². The second kappa shape index (κ2) is 7.42. The van der Waals surface area contributed by atoms with Gasteiger partial charge in [0.05, 0.1) is 19.2 Å². The summed E-state index contributed by atoms with van der Waals surface area (Å²) in [6, 6.07) is 5.63. The van der Waals surface area contributed by atoms with E-state index in [1.807, 2.05) is 0 Å². The molecule has 0 saturated heterocycles. The van der Waals surface area contributed by atoms with Gasteiger partial charge >= 0.3 is 5.97 Å². The molecule has 0 aliphatic heterocycles. The van der Waals surface area contributed by atoms with Gasteiger partial charge in [-0.3, -0.25) is 9.59 Å². The fourth-order valence-electron chi connectivity index (χ4n) is 1.67. The number of thioether (sulfide) groups is 1. The molecule has 0 bridgehead atoms. The number of aromatic nitrogens is 2. The SMILES string of the molecule is COC(=O)Cc1cc(=O)[nH]c(SCc2c(F)cccc2Cl)n1. The number of nitrogens with zero attached hydrogens (tertiary/aromatic N) is 1. The molecule has 8 heteroatoms. The molecule has 0 radical (unpaired) electrons. The maximum absolute atomic E-state index is 13.7. The van der Waals surface area contributed by atoms with Gasteiger partial charge in [-0.15, -0.1) is 0 Å². The molecule has 0 aliphatic rings. The van der Waals surface area contributed by atoms with Crippen molar-refractivity contribution in [3.8, 4) is 0 Å². The van der Waals surface area contributed by atoms with E-state index in [-0.39, 0.29) is 23.0 Å². The lowest BCUT2D eigenvalue weighted by molar-refractivity contribution is -0.139. The standard InChI is InChI=1S/C14H12ClFN2O3S/c1-21-13(20)6-8-5-12(19)18-14(17-8)22-7-9-10(15)3-2-4-11(9)16/h2-5H,6-7H2,1H3,(H,17,18,19). The Hall–Kier alpha value is -1.86. The minimum Gasteiger partial charge on any atom is -0.469 e. The molecule has 116 valence electrons. The Morgan fingerprint density at radius 2 is 2.27 bits per heavy atom. The van der Waals surface area contributed by atoms with Gasteiger partial charge in [0.15, 0.2) is 5.16 Å². The molecule has 5 nitrogen and oxygen atoms in total. The number of aromatic amines is 1. The van der Waals surface area contributed by atoms with Gasteiger partial charge in [-0.2, -0.15) is 0 Å². The van der Waals surface area contributed by atoms with Crippen LogP contribution in [0.5, 0.6) is 0 Å². The topological polar surface area (TPSA) is 72.1 Å². The second-order valence-electron chi connectivity index (χ2n) is 4.28. The normalized spacial score (nSPS) is 10.5. The first-order chi connectivity index (χ1) is 10.5. The third kappa shape index (κ3) is 4.32. The number of benzene rings is 1. The highest BCUT2D eigenvalue weighted by Gasteiger charge is 2.11. The molecule has 1 aromatic heterocycles. The van der Waals surface area contributed by atoms with Crippen molar-refractivity contribution < 1.29 is 13.9 Å². The first-order valence-electron chi connectivity index (χ1n) is 6.22. The van der Waals surface area contributed by atoms with Gasteiger partial charge in [0.25, 0.3) is 5.56 Å². The quantitative estimate of drug-likeness (QED) is 0.513. The number of hydrogen-bond acceptors (Lipinski definition) is 5. The smallest absolute Gasteiger partial charge is 0.311 e. The predicted octanol–water partition coefficient (Wildman–Crippen LogP) is 2.57. The minimum atomic E-state index is -0.494. The number of esters is 1. The van der Waals surface area contributed by atoms with Crippen LogP contribution in [-0.2, 0) is 21.7 Å². The summed E-state index contributed by atoms with van der Waals surface area (Å²) in [5, 5.41) is 0.589. The van der Waals surface area contributed by atoms with Crippen LogP contribution < -0.4 is 5.56 Å². The van der Waals surface area contributed by atoms with Crippen LogP contribution in [0.2, 0.25) is 5.02 Å². The molecule has 2 rings (SSSR count). The zero-order chi connectivity index (χ0) is 16.1. The van der Waals surface area contributed by atoms with E-state index in [0.717, 1.165) is 11.8 Å². The number of methoxy groups -OCH3 is 1. The first-order valence-corrected chi connectivity index (χ1v) is 7.58. The number of carbonyl (C=O) groups is 1. The van der Waals surface area contributed by atoms with Gasteiger partial charge in [0, 0.05) is 22.4 Å². The average molecular weight is 343 g/mol. The monoisotopic (exact) mass is 342 g/mol. The molecule has 0 fully saturated rings. The van der Waals surface area contributed by atoms with Gasteiger partial charge in [-0.1, -0.05) is 29.4 Å². The van der Waals surface area contributed by atoms with E-state index in [4.69, 9.17) is 11.6 Å². The summed E-state index contributed by atoms with van der Waals surface area (Å²) in [6.45, 7) is 0. The summed E-state index contributed by atoms with van der Waals surface area (Å²) in [5.41, 5.74) is 0.226. The summed E-state index contributed by atoms with van der Waals surface area (Å²) in [4.78, 5) is 29.5. The molecule has 1 aromatic carbocycles. The number of carbonyl (C=O) groups excluding carboxylic acids is 1. The van der Waals surface area contributed by atoms with Crippen LogP contribution in [-0.4, -0.2) is 23.0 Å². The minimum absolute atomic E-state index is 0.103. The van der Waals surface area contributed by atoms with Crippen molar-refractivity contribution in [2.45, 2.75) is 17.3 Å². The molecular formula is C14H12ClFN2O3S. The Kier molecular flexibility index (Phi) is 5.57. The molecule has 0 atom stereocenters. The van der Waals surface area contributed by atoms with E-state index in [9.17, 15) is 14.0 Å². The van der Waals surface area contributed by atoms with E-state index < -0.39 is 17.3 Å². The van der Waals surface area contributed by atoms with Crippen LogP contribution in [0.25, 0.3) is 0 Å². The molecular weight excluding hydrogens is 331 g/mol. The van der Waals surface area contributed by atoms with Gasteiger partial charge < -0.3 is 9.72 Å². The summed E-state index contributed by atoms with van der Waals surface area (Å²) >= 11 is 7.06. The first kappa shape index (κ1) is 16.5. The average Bonchev–Trinajstić information content (AvgIpc) is 2.46. The van der Waals surface area contributed by atoms with Gasteiger partial charge in [0.1, 0.15) is 5.82 Å². The largest absolute Gasteiger partial charge is 0.469 e. The summed E-state index contributed by atoms with van der Waals surface area (Å²) in [6.07, 6.45) is -0.103. The maximum Gasteiger partial charge on any atom is 0.311 e. The summed E-state index contributed by atoms with van der Waals surface area (Å²) in [5.74, 6) is -0.713. The van der Waals surface area contributed by atoms with Crippen LogP contribution in [0.4, 0.5) is 4.39 Å². The number of H-pyrrole nitrogens is 1. The Bertz CT molecular complexity index is 731. The Balaban J connectivity index is 2.16. The molecule has 0 aliphatic carbocycles. The van der Waals surface area contributed by atoms with Crippen molar-refractivity contribution in [1.82, 2.24) is 9.97 Å². The van der Waals surface area contributed by atoms with Crippen molar-refractivity contribution in [2.75, 3.05) is 7.11 Å². The molecule has 2 aromatic rings. The van der Waals surface area contributed by atoms with E-state index in [2.05, 4.69) is 14.7 Å². The Morgan fingerprint density at radius 3 is 2.95 bits per heavy atom. The van der Waals surface area contributed by atoms with Crippen molar-refractivity contribution in [3.05, 3.63) is 56.7 Å². The molecule has 0 saturated carbocycles. The van der Waals surface area contributed by atoms with Gasteiger partial charge in [0.2, 0.25) is 0 Å². The number of nitrogens with one attached hydrogen (secondary N) is 1. The molecule has 1 heterocycles. The van der Waals surface area contributed by atoms with Crippen LogP contribution >= 0.6 is 23.4 Å². The van der Waals surface area contributed by atoms with E-state index >= 15 is 0 Å². The lowest BCUT2D eigenvalue weighted by Crippen LogP contribution is -2.14. The fraction of sp³-hybridized carbons (Fsp3) is 0.214. The number of rotatable bonds is 5. The predicted molar refractivity (Wildman–Crippen MR) is 81.5 cm³/mol. The maximum atomic E-state index is 13.7. The molecule has 0 amide bonds. The summed E-state index contributed by atoms with van der Waals surface area (Å²) in [7, 11) is 1.26. The highest BCUT2D eigenvalue weighted by molar-refractivity contribution is 7.98. The zero-order valence-electron chi connectivity index (χ0n) is 11.6. The molecule has 22 heavy (non-hydrogen) atoms. The highest BCUT2D eigenvalue weighted by Crippen LogP contribution is 2.26. The van der Waals surface area contributed by atoms with Gasteiger partial charge in [-0.05, 0) is 12.1 Å². The number of halogens is 2. The third-order valence-corrected chi connectivity index (χ3v) is 3.99. The van der Waals surface area contributed by atoms with Crippen LogP contribution in [0.3, 0.4) is 0 Å². The molecule has 1 N–H and O–H groups in total. The zero-order valence-corrected chi connectivity index (χ0v) is 13.1. The van der Waals surface area contributed by atoms with Gasteiger partial charge in [-0.25, -0.2) is 9.37 Å². The van der Waals surface area contributed by atoms with Crippen molar-refractivity contribution >= 4 is 29.3 Å². The van der Waals surface area contributed by atoms with Crippen molar-refractivity contribution in [1.29, 1.82) is 0 Å². The Labute approximate surface area is 134 Å². The number of hydrogen-bond donors (Lipinski definition) is 1. The fourth-order valence-corrected chi connectivity index (χ4v) is 2.91. The lowest BCUT2D eigenvalue weighted by Gasteiger charge is -2.06. The van der Waals surface area contributed by atoms with E-state index in [1.165, 1.54) is 25.3 Å². The van der Waals surface area contributed by atoms with Crippen LogP contribution in [0.1, 0.15) is 11.3 Å². The molecule has 0 spiro atoms. The highest BCUT2D eigenvalue weighted by atomic mass is 35.5. The third-order valence-electron chi connectivity index (χ3n) is 2.74. The van der Waals surface area contributed by atoms with Crippen molar-refractivity contribution in [3.63, 3.8) is 0 Å². The Morgan fingerprint density at radius 1 is 1.50 bits per heavy atom. The van der Waals surface area contributed by atoms with Crippen molar-refractivity contribution in [2.24, 2.45) is 0 Å². The second-order valence-corrected chi connectivity index (χ2v) is 5.65. The molecule has 0 unspecified atom stereocenters. The van der Waals surface area contributed by atoms with E-state index in [1.54, 1.807) is 6.07 Å².